The minimum atomic E-state index is -1.07. The number of hydrogen-bond acceptors (Lipinski definition) is 5. The van der Waals surface area contributed by atoms with Crippen molar-refractivity contribution in [2.24, 2.45) is 0 Å². The van der Waals surface area contributed by atoms with Gasteiger partial charge in [0.2, 0.25) is 11.8 Å². The van der Waals surface area contributed by atoms with Crippen LogP contribution in [0.1, 0.15) is 109 Å². The number of rotatable bonds is 17. The molecule has 3 amide bonds. The molecule has 0 spiro atoms. The van der Waals surface area contributed by atoms with Crippen LogP contribution in [0.3, 0.4) is 0 Å². The molecule has 0 aromatic heterocycles. The lowest BCUT2D eigenvalue weighted by molar-refractivity contribution is -0.142. The van der Waals surface area contributed by atoms with Gasteiger partial charge in [-0.3, -0.25) is 9.59 Å². The summed E-state index contributed by atoms with van der Waals surface area (Å²) in [5, 5.41) is 16.9. The number of benzene rings is 2. The summed E-state index contributed by atoms with van der Waals surface area (Å²) in [5.41, 5.74) is 1.09. The van der Waals surface area contributed by atoms with E-state index in [1.54, 1.807) is 50.8 Å². The molecule has 2 atom stereocenters. The number of aromatic hydroxyl groups is 1. The summed E-state index contributed by atoms with van der Waals surface area (Å²) >= 11 is 0. The molecule has 0 aliphatic heterocycles. The molecule has 0 fully saturated rings. The third-order valence-electron chi connectivity index (χ3n) is 7.26. The molecule has 0 bridgehead atoms. The van der Waals surface area contributed by atoms with E-state index in [-0.39, 0.29) is 18.1 Å². The predicted octanol–water partition coefficient (Wildman–Crippen LogP) is 6.98. The Labute approximate surface area is 258 Å². The van der Waals surface area contributed by atoms with Crippen LogP contribution in [0.2, 0.25) is 0 Å². The van der Waals surface area contributed by atoms with E-state index in [0.29, 0.717) is 30.6 Å². The van der Waals surface area contributed by atoms with Gasteiger partial charge in [0.05, 0.1) is 0 Å². The number of nitrogens with one attached hydrogen (secondary N) is 2. The number of phenols is 1. The first-order valence-corrected chi connectivity index (χ1v) is 15.9. The number of aryl methyl sites for hydroxylation is 1. The second-order valence-electron chi connectivity index (χ2n) is 12.2. The Balaban J connectivity index is 2.56. The Morgan fingerprint density at radius 3 is 2.19 bits per heavy atom. The van der Waals surface area contributed by atoms with E-state index in [1.807, 2.05) is 30.3 Å². The Morgan fingerprint density at radius 1 is 0.884 bits per heavy atom. The third-order valence-corrected chi connectivity index (χ3v) is 7.26. The molecule has 238 valence electrons. The van der Waals surface area contributed by atoms with Crippen LogP contribution in [-0.2, 0) is 20.7 Å². The normalized spacial score (nSPS) is 12.7. The Morgan fingerprint density at radius 2 is 1.53 bits per heavy atom. The van der Waals surface area contributed by atoms with Crippen molar-refractivity contribution in [1.82, 2.24) is 15.5 Å². The number of nitrogens with zero attached hydrogens (tertiary/aromatic N) is 1. The fraction of sp³-hybridized carbons (Fsp3) is 0.571. The van der Waals surface area contributed by atoms with E-state index < -0.39 is 29.7 Å². The van der Waals surface area contributed by atoms with Gasteiger partial charge < -0.3 is 25.4 Å². The van der Waals surface area contributed by atoms with Crippen molar-refractivity contribution in [2.75, 3.05) is 13.1 Å². The maximum Gasteiger partial charge on any atom is 0.408 e. The molecular weight excluding hydrogens is 542 g/mol. The lowest BCUT2D eigenvalue weighted by Gasteiger charge is -2.35. The van der Waals surface area contributed by atoms with Crippen molar-refractivity contribution in [3.8, 4) is 5.75 Å². The number of ether oxygens (including phenoxy) is 1. The molecule has 2 aromatic carbocycles. The van der Waals surface area contributed by atoms with Gasteiger partial charge in [-0.2, -0.15) is 0 Å². The largest absolute Gasteiger partial charge is 0.507 e. The van der Waals surface area contributed by atoms with Gasteiger partial charge in [0.25, 0.3) is 0 Å². The van der Waals surface area contributed by atoms with Crippen molar-refractivity contribution in [2.45, 2.75) is 117 Å². The Kier molecular flexibility index (Phi) is 15.1. The summed E-state index contributed by atoms with van der Waals surface area (Å²) in [7, 11) is 0. The first-order valence-electron chi connectivity index (χ1n) is 15.9. The zero-order chi connectivity index (χ0) is 31.8. The number of carbonyl (C=O) groups is 3. The Hall–Kier alpha value is -3.55. The number of phenolic OH excluding ortho intramolecular Hbond substituents is 1. The fourth-order valence-corrected chi connectivity index (χ4v) is 4.99. The molecule has 0 saturated carbocycles. The van der Waals surface area contributed by atoms with E-state index in [0.717, 1.165) is 50.5 Å². The minimum Gasteiger partial charge on any atom is -0.507 e. The van der Waals surface area contributed by atoms with E-state index in [9.17, 15) is 19.5 Å². The number of hydrogen-bond donors (Lipinski definition) is 3. The van der Waals surface area contributed by atoms with Crippen molar-refractivity contribution in [3.05, 3.63) is 65.2 Å². The molecule has 2 aromatic rings. The lowest BCUT2D eigenvalue weighted by Crippen LogP contribution is -2.54. The molecule has 8 nitrogen and oxygen atoms in total. The SMILES string of the molecule is CCCCCCCN(C(=O)C(Cc1ccccc1)NC(=O)OC(C)(C)C)C(C(=O)NCCCCC)c1cccc(C)c1O. The summed E-state index contributed by atoms with van der Waals surface area (Å²) in [4.78, 5) is 43.0. The lowest BCUT2D eigenvalue weighted by atomic mass is 9.97. The number of carbonyl (C=O) groups excluding carboxylic acids is 3. The van der Waals surface area contributed by atoms with Gasteiger partial charge in [-0.1, -0.05) is 101 Å². The maximum atomic E-state index is 14.6. The van der Waals surface area contributed by atoms with Crippen molar-refractivity contribution < 1.29 is 24.2 Å². The highest BCUT2D eigenvalue weighted by Gasteiger charge is 2.37. The number of alkyl carbamates (subject to hydrolysis) is 1. The summed E-state index contributed by atoms with van der Waals surface area (Å²) < 4.78 is 5.52. The molecule has 3 N–H and O–H groups in total. The van der Waals surface area contributed by atoms with E-state index in [1.165, 1.54) is 0 Å². The van der Waals surface area contributed by atoms with Gasteiger partial charge in [-0.05, 0) is 51.7 Å². The molecule has 0 aliphatic carbocycles. The summed E-state index contributed by atoms with van der Waals surface area (Å²) in [6, 6.07) is 12.6. The molecule has 0 aliphatic rings. The van der Waals surface area contributed by atoms with E-state index in [4.69, 9.17) is 4.74 Å². The van der Waals surface area contributed by atoms with Gasteiger partial charge in [-0.15, -0.1) is 0 Å². The van der Waals surface area contributed by atoms with Gasteiger partial charge >= 0.3 is 6.09 Å². The monoisotopic (exact) mass is 595 g/mol. The highest BCUT2D eigenvalue weighted by molar-refractivity contribution is 5.92. The van der Waals surface area contributed by atoms with Crippen LogP contribution in [0.5, 0.6) is 5.75 Å². The summed E-state index contributed by atoms with van der Waals surface area (Å²) in [6.45, 7) is 12.1. The molecule has 8 heteroatoms. The smallest absolute Gasteiger partial charge is 0.408 e. The number of unbranched alkanes of at least 4 members (excludes halogenated alkanes) is 6. The number of amides is 3. The Bertz CT molecular complexity index is 1150. The van der Waals surface area contributed by atoms with Crippen LogP contribution in [0.4, 0.5) is 4.79 Å². The zero-order valence-corrected chi connectivity index (χ0v) is 27.1. The van der Waals surface area contributed by atoms with Gasteiger partial charge in [0, 0.05) is 25.1 Å². The minimum absolute atomic E-state index is 0.0142. The van der Waals surface area contributed by atoms with Crippen LogP contribution in [0.25, 0.3) is 0 Å². The first kappa shape index (κ1) is 35.6. The fourth-order valence-electron chi connectivity index (χ4n) is 4.99. The van der Waals surface area contributed by atoms with Gasteiger partial charge in [0.15, 0.2) is 0 Å². The molecule has 0 saturated heterocycles. The van der Waals surface area contributed by atoms with Crippen LogP contribution < -0.4 is 10.6 Å². The molecule has 0 radical (unpaired) electrons. The average Bonchev–Trinajstić information content (AvgIpc) is 2.95. The molecule has 2 rings (SSSR count). The van der Waals surface area contributed by atoms with Crippen LogP contribution in [-0.4, -0.2) is 52.6 Å². The quantitative estimate of drug-likeness (QED) is 0.171. The van der Waals surface area contributed by atoms with Crippen LogP contribution >= 0.6 is 0 Å². The molecule has 0 heterocycles. The second kappa shape index (κ2) is 18.2. The molecular formula is C35H53N3O5. The van der Waals surface area contributed by atoms with Gasteiger partial charge in [0.1, 0.15) is 23.4 Å². The predicted molar refractivity (Wildman–Crippen MR) is 172 cm³/mol. The topological polar surface area (TPSA) is 108 Å². The third kappa shape index (κ3) is 12.3. The standard InChI is InChI=1S/C35H53N3O5/c1-7-9-11-12-17-24-38(30(32(40)36-23-16-10-8-2)28-22-18-19-26(3)31(28)39)33(41)29(25-27-20-14-13-15-21-27)37-34(42)43-35(4,5)6/h13-15,18-22,29-30,39H,7-12,16-17,23-25H2,1-6H3,(H,36,40)(H,37,42). The zero-order valence-electron chi connectivity index (χ0n) is 27.1. The van der Waals surface area contributed by atoms with Crippen molar-refractivity contribution >= 4 is 17.9 Å². The van der Waals surface area contributed by atoms with E-state index >= 15 is 0 Å². The molecule has 43 heavy (non-hydrogen) atoms. The van der Waals surface area contributed by atoms with Crippen LogP contribution in [0, 0.1) is 6.92 Å². The second-order valence-corrected chi connectivity index (χ2v) is 12.2. The molecule has 2 unspecified atom stereocenters. The average molecular weight is 596 g/mol. The summed E-state index contributed by atoms with van der Waals surface area (Å²) in [5.74, 6) is -0.769. The highest BCUT2D eigenvalue weighted by Crippen LogP contribution is 2.33. The summed E-state index contributed by atoms with van der Waals surface area (Å²) in [6.07, 6.45) is 7.08. The van der Waals surface area contributed by atoms with E-state index in [2.05, 4.69) is 24.5 Å². The van der Waals surface area contributed by atoms with Crippen molar-refractivity contribution in [1.29, 1.82) is 0 Å². The highest BCUT2D eigenvalue weighted by atomic mass is 16.6. The number of para-hydroxylation sites is 1. The van der Waals surface area contributed by atoms with Gasteiger partial charge in [-0.25, -0.2) is 4.79 Å². The van der Waals surface area contributed by atoms with Crippen LogP contribution in [0.15, 0.2) is 48.5 Å². The first-order chi connectivity index (χ1) is 20.5. The van der Waals surface area contributed by atoms with Crippen molar-refractivity contribution in [3.63, 3.8) is 0 Å². The maximum absolute atomic E-state index is 14.6.